The van der Waals surface area contributed by atoms with Crippen LogP contribution in [0, 0.1) is 17.1 Å². The van der Waals surface area contributed by atoms with Crippen molar-refractivity contribution in [2.75, 3.05) is 14.2 Å². The van der Waals surface area contributed by atoms with Crippen LogP contribution in [0.2, 0.25) is 0 Å². The molecule has 0 aliphatic heterocycles. The molecule has 1 rings (SSSR count). The summed E-state index contributed by atoms with van der Waals surface area (Å²) in [7, 11) is 2.76. The summed E-state index contributed by atoms with van der Waals surface area (Å²) in [6, 6.07) is 3.24. The van der Waals surface area contributed by atoms with E-state index in [0.717, 1.165) is 0 Å². The molecule has 0 saturated carbocycles. The minimum Gasteiger partial charge on any atom is -0.492 e. The zero-order valence-electron chi connectivity index (χ0n) is 8.30. The Balaban J connectivity index is 3.43. The lowest BCUT2D eigenvalue weighted by Crippen LogP contribution is -1.99. The number of ether oxygens (including phenoxy) is 2. The zero-order chi connectivity index (χ0) is 11.4. The quantitative estimate of drug-likeness (QED) is 0.851. The minimum absolute atomic E-state index is 0.0194. The van der Waals surface area contributed by atoms with Gasteiger partial charge in [0.25, 0.3) is 0 Å². The van der Waals surface area contributed by atoms with Crippen molar-refractivity contribution in [2.24, 2.45) is 0 Å². The van der Waals surface area contributed by atoms with Gasteiger partial charge >= 0.3 is 0 Å². The fourth-order valence-corrected chi connectivity index (χ4v) is 1.79. The minimum atomic E-state index is -0.525. The first-order valence-corrected chi connectivity index (χ1v) is 4.90. The number of nitrogens with zero attached hydrogens (tertiary/aromatic N) is 1. The lowest BCUT2D eigenvalue weighted by molar-refractivity contribution is 0.335. The van der Waals surface area contributed by atoms with Crippen molar-refractivity contribution in [2.45, 2.75) is 6.42 Å². The summed E-state index contributed by atoms with van der Waals surface area (Å²) in [4.78, 5) is 0. The predicted molar refractivity (Wildman–Crippen MR) is 56.5 cm³/mol. The fraction of sp³-hybridized carbons (Fsp3) is 0.300. The molecule has 0 aliphatic carbocycles. The third-order valence-corrected chi connectivity index (χ3v) is 2.61. The molecule has 5 heteroatoms. The largest absolute Gasteiger partial charge is 0.492 e. The molecular weight excluding hydrogens is 265 g/mol. The third kappa shape index (κ3) is 2.21. The van der Waals surface area contributed by atoms with E-state index in [0.29, 0.717) is 10.0 Å². The second kappa shape index (κ2) is 4.99. The first-order valence-electron chi connectivity index (χ1n) is 4.11. The summed E-state index contributed by atoms with van der Waals surface area (Å²) in [5, 5.41) is 8.64. The van der Waals surface area contributed by atoms with Crippen molar-refractivity contribution in [1.82, 2.24) is 0 Å². The van der Waals surface area contributed by atoms with Gasteiger partial charge < -0.3 is 9.47 Å². The molecule has 3 nitrogen and oxygen atoms in total. The van der Waals surface area contributed by atoms with E-state index in [2.05, 4.69) is 15.9 Å². The molecule has 0 amide bonds. The van der Waals surface area contributed by atoms with E-state index >= 15 is 0 Å². The van der Waals surface area contributed by atoms with Gasteiger partial charge in [-0.05, 0) is 6.07 Å². The summed E-state index contributed by atoms with van der Waals surface area (Å²) in [5.74, 6) is -0.250. The lowest BCUT2D eigenvalue weighted by Gasteiger charge is -2.13. The van der Waals surface area contributed by atoms with Crippen LogP contribution in [-0.2, 0) is 6.42 Å². The molecule has 0 aromatic heterocycles. The van der Waals surface area contributed by atoms with Gasteiger partial charge in [0, 0.05) is 10.0 Å². The van der Waals surface area contributed by atoms with E-state index < -0.39 is 5.82 Å². The van der Waals surface area contributed by atoms with Crippen molar-refractivity contribution in [1.29, 1.82) is 5.26 Å². The van der Waals surface area contributed by atoms with Crippen LogP contribution in [0.5, 0.6) is 11.5 Å². The summed E-state index contributed by atoms with van der Waals surface area (Å²) >= 11 is 3.18. The highest BCUT2D eigenvalue weighted by Gasteiger charge is 2.18. The zero-order valence-corrected chi connectivity index (χ0v) is 9.89. The van der Waals surface area contributed by atoms with Crippen LogP contribution in [0.25, 0.3) is 0 Å². The van der Waals surface area contributed by atoms with Crippen LogP contribution in [0.4, 0.5) is 4.39 Å². The average Bonchev–Trinajstić information content (AvgIpc) is 2.21. The maximum atomic E-state index is 13.4. The fourth-order valence-electron chi connectivity index (χ4n) is 1.27. The molecule has 0 aliphatic rings. The maximum Gasteiger partial charge on any atom is 0.197 e. The first-order chi connectivity index (χ1) is 7.15. The Morgan fingerprint density at radius 3 is 2.47 bits per heavy atom. The lowest BCUT2D eigenvalue weighted by atomic mass is 10.1. The number of halogens is 2. The number of benzene rings is 1. The highest BCUT2D eigenvalue weighted by atomic mass is 79.9. The van der Waals surface area contributed by atoms with Crippen LogP contribution in [0.15, 0.2) is 10.5 Å². The molecule has 0 unspecified atom stereocenters. The highest BCUT2D eigenvalue weighted by Crippen LogP contribution is 2.38. The number of hydrogen-bond acceptors (Lipinski definition) is 3. The van der Waals surface area contributed by atoms with Crippen molar-refractivity contribution in [3.8, 4) is 17.6 Å². The van der Waals surface area contributed by atoms with Gasteiger partial charge in [-0.25, -0.2) is 4.39 Å². The van der Waals surface area contributed by atoms with Crippen LogP contribution < -0.4 is 9.47 Å². The second-order valence-electron chi connectivity index (χ2n) is 2.72. The topological polar surface area (TPSA) is 42.2 Å². The van der Waals surface area contributed by atoms with Crippen LogP contribution in [0.3, 0.4) is 0 Å². The van der Waals surface area contributed by atoms with Crippen molar-refractivity contribution in [3.63, 3.8) is 0 Å². The van der Waals surface area contributed by atoms with Crippen LogP contribution in [-0.4, -0.2) is 14.2 Å². The van der Waals surface area contributed by atoms with E-state index in [-0.39, 0.29) is 17.9 Å². The number of methoxy groups -OCH3 is 2. The van der Waals surface area contributed by atoms with E-state index in [1.54, 1.807) is 0 Å². The smallest absolute Gasteiger partial charge is 0.197 e. The standard InChI is InChI=1S/C10H9BrFNO2/c1-14-9-6(3-4-13)7(11)5-8(12)10(9)15-2/h5H,3H2,1-2H3. The second-order valence-corrected chi connectivity index (χ2v) is 3.57. The Morgan fingerprint density at radius 1 is 1.40 bits per heavy atom. The molecule has 15 heavy (non-hydrogen) atoms. The average molecular weight is 274 g/mol. The van der Waals surface area contributed by atoms with Gasteiger partial charge in [-0.15, -0.1) is 0 Å². The summed E-state index contributed by atoms with van der Waals surface area (Å²) in [6.07, 6.45) is 0.125. The molecule has 1 aromatic carbocycles. The van der Waals surface area contributed by atoms with E-state index in [4.69, 9.17) is 14.7 Å². The molecule has 0 heterocycles. The monoisotopic (exact) mass is 273 g/mol. The van der Waals surface area contributed by atoms with Crippen LogP contribution in [0.1, 0.15) is 5.56 Å². The molecule has 0 fully saturated rings. The number of nitriles is 1. The molecule has 0 N–H and O–H groups in total. The Hall–Kier alpha value is -1.28. The normalized spacial score (nSPS) is 9.53. The van der Waals surface area contributed by atoms with E-state index in [9.17, 15) is 4.39 Å². The van der Waals surface area contributed by atoms with Crippen LogP contribution >= 0.6 is 15.9 Å². The Kier molecular flexibility index (Phi) is 3.92. The molecule has 0 bridgehead atoms. The van der Waals surface area contributed by atoms with Gasteiger partial charge in [-0.3, -0.25) is 0 Å². The van der Waals surface area contributed by atoms with Gasteiger partial charge in [0.2, 0.25) is 0 Å². The Morgan fingerprint density at radius 2 is 2.00 bits per heavy atom. The Labute approximate surface area is 95.5 Å². The summed E-state index contributed by atoms with van der Waals surface area (Å²) < 4.78 is 23.8. The van der Waals surface area contributed by atoms with Gasteiger partial charge in [0.05, 0.1) is 26.7 Å². The molecular formula is C10H9BrFNO2. The summed E-state index contributed by atoms with van der Waals surface area (Å²) in [6.45, 7) is 0. The van der Waals surface area contributed by atoms with Crippen molar-refractivity contribution in [3.05, 3.63) is 21.9 Å². The number of hydrogen-bond donors (Lipinski definition) is 0. The molecule has 1 aromatic rings. The molecule has 0 radical (unpaired) electrons. The van der Waals surface area contributed by atoms with Gasteiger partial charge in [0.15, 0.2) is 17.3 Å². The number of rotatable bonds is 3. The SMILES string of the molecule is COc1c(F)cc(Br)c(CC#N)c1OC. The van der Waals surface area contributed by atoms with Crippen molar-refractivity contribution < 1.29 is 13.9 Å². The van der Waals surface area contributed by atoms with Gasteiger partial charge in [-0.1, -0.05) is 15.9 Å². The third-order valence-electron chi connectivity index (χ3n) is 1.90. The summed E-state index contributed by atoms with van der Waals surface area (Å²) in [5.41, 5.74) is 0.582. The van der Waals surface area contributed by atoms with E-state index in [1.165, 1.54) is 20.3 Å². The van der Waals surface area contributed by atoms with Crippen molar-refractivity contribution >= 4 is 15.9 Å². The van der Waals surface area contributed by atoms with E-state index in [1.807, 2.05) is 6.07 Å². The molecule has 0 atom stereocenters. The predicted octanol–water partition coefficient (Wildman–Crippen LogP) is 2.67. The van der Waals surface area contributed by atoms with Gasteiger partial charge in [-0.2, -0.15) is 5.26 Å². The molecule has 80 valence electrons. The molecule has 0 spiro atoms. The maximum absolute atomic E-state index is 13.4. The Bertz CT molecular complexity index is 415. The molecule has 0 saturated heterocycles. The highest BCUT2D eigenvalue weighted by molar-refractivity contribution is 9.10. The first kappa shape index (κ1) is 11.8. The van der Waals surface area contributed by atoms with Gasteiger partial charge in [0.1, 0.15) is 0 Å².